The summed E-state index contributed by atoms with van der Waals surface area (Å²) >= 11 is 7.06. The van der Waals surface area contributed by atoms with Gasteiger partial charge in [-0.1, -0.05) is 56.2 Å². The van der Waals surface area contributed by atoms with E-state index in [0.29, 0.717) is 0 Å². The van der Waals surface area contributed by atoms with Crippen molar-refractivity contribution in [2.75, 3.05) is 14.2 Å². The first-order chi connectivity index (χ1) is 10.6. The molecule has 2 aromatic carbocycles. The average Bonchev–Trinajstić information content (AvgIpc) is 2.54. The minimum atomic E-state index is 0.836. The van der Waals surface area contributed by atoms with Crippen LogP contribution >= 0.6 is 31.9 Å². The Labute approximate surface area is 147 Å². The Morgan fingerprint density at radius 3 is 1.50 bits per heavy atom. The van der Waals surface area contributed by atoms with Crippen LogP contribution in [0.3, 0.4) is 0 Å². The van der Waals surface area contributed by atoms with Crippen molar-refractivity contribution in [3.63, 3.8) is 0 Å². The third-order valence-electron chi connectivity index (χ3n) is 3.07. The molecular formula is C18H16Br2O2. The summed E-state index contributed by atoms with van der Waals surface area (Å²) in [4.78, 5) is 0. The molecule has 0 unspecified atom stereocenters. The zero-order chi connectivity index (χ0) is 15.9. The predicted octanol–water partition coefficient (Wildman–Crippen LogP) is 5.96. The number of methoxy groups -OCH3 is 2. The summed E-state index contributed by atoms with van der Waals surface area (Å²) in [6.45, 7) is 0. The maximum atomic E-state index is 5.23. The topological polar surface area (TPSA) is 18.5 Å². The minimum Gasteiger partial charge on any atom is -0.497 e. The van der Waals surface area contributed by atoms with Gasteiger partial charge in [-0.05, 0) is 47.5 Å². The molecule has 0 aliphatic heterocycles. The molecule has 0 aromatic heterocycles. The molecule has 0 spiro atoms. The molecule has 22 heavy (non-hydrogen) atoms. The molecule has 0 radical (unpaired) electrons. The Balaban J connectivity index is 2.15. The molecular weight excluding hydrogens is 408 g/mol. The van der Waals surface area contributed by atoms with Crippen molar-refractivity contribution in [1.82, 2.24) is 0 Å². The zero-order valence-corrected chi connectivity index (χ0v) is 15.5. The molecule has 0 saturated carbocycles. The van der Waals surface area contributed by atoms with E-state index in [1.807, 2.05) is 60.7 Å². The van der Waals surface area contributed by atoms with Crippen molar-refractivity contribution >= 4 is 44.0 Å². The van der Waals surface area contributed by atoms with E-state index in [1.165, 1.54) is 0 Å². The molecule has 2 nitrogen and oxygen atoms in total. The molecule has 0 N–H and O–H groups in total. The van der Waals surface area contributed by atoms with E-state index in [0.717, 1.165) is 31.6 Å². The molecule has 114 valence electrons. The van der Waals surface area contributed by atoms with Gasteiger partial charge in [-0.15, -0.1) is 0 Å². The Morgan fingerprint density at radius 2 is 1.14 bits per heavy atom. The monoisotopic (exact) mass is 422 g/mol. The van der Waals surface area contributed by atoms with E-state index in [4.69, 9.17) is 9.47 Å². The van der Waals surface area contributed by atoms with Crippen LogP contribution in [0.25, 0.3) is 12.2 Å². The Hall–Kier alpha value is -1.52. The van der Waals surface area contributed by atoms with Crippen LogP contribution in [0.5, 0.6) is 11.5 Å². The van der Waals surface area contributed by atoms with Crippen LogP contribution in [0.2, 0.25) is 0 Å². The summed E-state index contributed by atoms with van der Waals surface area (Å²) in [5.41, 5.74) is 2.13. The normalized spacial score (nSPS) is 11.3. The van der Waals surface area contributed by atoms with Crippen molar-refractivity contribution in [2.24, 2.45) is 0 Å². The second-order valence-electron chi connectivity index (χ2n) is 4.49. The number of rotatable bonds is 5. The highest BCUT2D eigenvalue weighted by atomic mass is 79.9. The predicted molar refractivity (Wildman–Crippen MR) is 99.5 cm³/mol. The molecule has 0 amide bonds. The van der Waals surface area contributed by atoms with Gasteiger partial charge in [0.2, 0.25) is 0 Å². The van der Waals surface area contributed by atoms with E-state index in [-0.39, 0.29) is 0 Å². The number of hydrogen-bond acceptors (Lipinski definition) is 2. The van der Waals surface area contributed by atoms with Crippen LogP contribution in [0, 0.1) is 0 Å². The summed E-state index contributed by atoms with van der Waals surface area (Å²) in [7, 11) is 3.33. The van der Waals surface area contributed by atoms with Crippen LogP contribution in [-0.4, -0.2) is 14.2 Å². The van der Waals surface area contributed by atoms with Crippen molar-refractivity contribution in [3.05, 3.63) is 68.6 Å². The SMILES string of the molecule is COc1ccc(Br)c(/C=C/C=C/c2cc(OC)ccc2Br)c1. The third kappa shape index (κ3) is 4.49. The lowest BCUT2D eigenvalue weighted by Gasteiger charge is -2.03. The average molecular weight is 424 g/mol. The second kappa shape index (κ2) is 8.20. The fourth-order valence-electron chi connectivity index (χ4n) is 1.87. The highest BCUT2D eigenvalue weighted by Gasteiger charge is 1.99. The van der Waals surface area contributed by atoms with Crippen molar-refractivity contribution in [3.8, 4) is 11.5 Å². The van der Waals surface area contributed by atoms with Crippen LogP contribution in [0.4, 0.5) is 0 Å². The number of benzene rings is 2. The van der Waals surface area contributed by atoms with Crippen LogP contribution in [-0.2, 0) is 0 Å². The molecule has 2 aromatic rings. The van der Waals surface area contributed by atoms with Gasteiger partial charge in [-0.25, -0.2) is 0 Å². The van der Waals surface area contributed by atoms with Gasteiger partial charge in [0.1, 0.15) is 11.5 Å². The molecule has 0 aliphatic carbocycles. The summed E-state index contributed by atoms with van der Waals surface area (Å²) < 4.78 is 12.5. The first kappa shape index (κ1) is 16.8. The number of halogens is 2. The van der Waals surface area contributed by atoms with Crippen LogP contribution < -0.4 is 9.47 Å². The lowest BCUT2D eigenvalue weighted by molar-refractivity contribution is 0.414. The molecule has 0 heterocycles. The molecule has 0 saturated heterocycles. The Bertz CT molecular complexity index is 645. The fraction of sp³-hybridized carbons (Fsp3) is 0.111. The molecule has 0 bridgehead atoms. The van der Waals surface area contributed by atoms with Gasteiger partial charge >= 0.3 is 0 Å². The molecule has 2 rings (SSSR count). The molecule has 0 atom stereocenters. The van der Waals surface area contributed by atoms with Crippen LogP contribution in [0.15, 0.2) is 57.5 Å². The first-order valence-corrected chi connectivity index (χ1v) is 8.24. The highest BCUT2D eigenvalue weighted by molar-refractivity contribution is 9.10. The van der Waals surface area contributed by atoms with Crippen molar-refractivity contribution in [2.45, 2.75) is 0 Å². The molecule has 4 heteroatoms. The summed E-state index contributed by atoms with van der Waals surface area (Å²) in [6.07, 6.45) is 8.03. The van der Waals surface area contributed by atoms with E-state index in [2.05, 4.69) is 31.9 Å². The number of ether oxygens (including phenoxy) is 2. The maximum absolute atomic E-state index is 5.23. The maximum Gasteiger partial charge on any atom is 0.119 e. The number of hydrogen-bond donors (Lipinski definition) is 0. The van der Waals surface area contributed by atoms with Crippen LogP contribution in [0.1, 0.15) is 11.1 Å². The van der Waals surface area contributed by atoms with Gasteiger partial charge in [0.05, 0.1) is 14.2 Å². The van der Waals surface area contributed by atoms with Gasteiger partial charge in [-0.2, -0.15) is 0 Å². The Kier molecular flexibility index (Phi) is 6.28. The Morgan fingerprint density at radius 1 is 0.727 bits per heavy atom. The molecule has 0 fully saturated rings. The van der Waals surface area contributed by atoms with Gasteiger partial charge < -0.3 is 9.47 Å². The minimum absolute atomic E-state index is 0.836. The van der Waals surface area contributed by atoms with E-state index in [9.17, 15) is 0 Å². The van der Waals surface area contributed by atoms with Gasteiger partial charge in [0, 0.05) is 8.95 Å². The second-order valence-corrected chi connectivity index (χ2v) is 6.20. The van der Waals surface area contributed by atoms with Crippen molar-refractivity contribution in [1.29, 1.82) is 0 Å². The summed E-state index contributed by atoms with van der Waals surface area (Å²) in [6, 6.07) is 11.8. The van der Waals surface area contributed by atoms with E-state index < -0.39 is 0 Å². The summed E-state index contributed by atoms with van der Waals surface area (Å²) in [5, 5.41) is 0. The molecule has 0 aliphatic rings. The smallest absolute Gasteiger partial charge is 0.119 e. The quantitative estimate of drug-likeness (QED) is 0.552. The van der Waals surface area contributed by atoms with Gasteiger partial charge in [-0.3, -0.25) is 0 Å². The van der Waals surface area contributed by atoms with Crippen molar-refractivity contribution < 1.29 is 9.47 Å². The van der Waals surface area contributed by atoms with Gasteiger partial charge in [0.15, 0.2) is 0 Å². The van der Waals surface area contributed by atoms with Gasteiger partial charge in [0.25, 0.3) is 0 Å². The number of allylic oxidation sites excluding steroid dienone is 2. The van der Waals surface area contributed by atoms with E-state index in [1.54, 1.807) is 14.2 Å². The fourth-order valence-corrected chi connectivity index (χ4v) is 2.63. The lowest BCUT2D eigenvalue weighted by atomic mass is 10.1. The first-order valence-electron chi connectivity index (χ1n) is 6.66. The summed E-state index contributed by atoms with van der Waals surface area (Å²) in [5.74, 6) is 1.67. The highest BCUT2D eigenvalue weighted by Crippen LogP contribution is 2.25. The lowest BCUT2D eigenvalue weighted by Crippen LogP contribution is -1.84. The largest absolute Gasteiger partial charge is 0.497 e. The third-order valence-corrected chi connectivity index (χ3v) is 4.51. The van der Waals surface area contributed by atoms with E-state index >= 15 is 0 Å². The standard InChI is InChI=1S/C18H16Br2O2/c1-21-15-7-9-17(19)13(11-15)5-3-4-6-14-12-16(22-2)8-10-18(14)20/h3-12H,1-2H3/b5-3+,6-4+. The zero-order valence-electron chi connectivity index (χ0n) is 12.3.